The molecule has 0 aliphatic carbocycles. The van der Waals surface area contributed by atoms with Crippen LogP contribution in [-0.2, 0) is 13.2 Å². The van der Waals surface area contributed by atoms with Gasteiger partial charge in [-0.05, 0) is 53.1 Å². The van der Waals surface area contributed by atoms with E-state index in [-0.39, 0.29) is 0 Å². The fourth-order valence-corrected chi connectivity index (χ4v) is 3.93. The number of anilines is 1. The monoisotopic (exact) mass is 421 g/mol. The van der Waals surface area contributed by atoms with Gasteiger partial charge in [-0.2, -0.15) is 0 Å². The van der Waals surface area contributed by atoms with Crippen molar-refractivity contribution in [1.82, 2.24) is 0 Å². The van der Waals surface area contributed by atoms with E-state index in [2.05, 4.69) is 42.6 Å². The summed E-state index contributed by atoms with van der Waals surface area (Å²) >= 11 is 12.3. The highest BCUT2D eigenvalue weighted by atomic mass is 35.5. The molecule has 0 amide bonds. The molecule has 0 unspecified atom stereocenters. The normalized spacial score (nSPS) is 10.9. The van der Waals surface area contributed by atoms with E-state index in [0.29, 0.717) is 23.2 Å². The zero-order valence-electron chi connectivity index (χ0n) is 16.1. The summed E-state index contributed by atoms with van der Waals surface area (Å²) in [6, 6.07) is 26.2. The minimum Gasteiger partial charge on any atom is -0.489 e. The summed E-state index contributed by atoms with van der Waals surface area (Å²) in [5, 5.41) is 6.99. The number of aryl methyl sites for hydroxylation is 1. The zero-order valence-corrected chi connectivity index (χ0v) is 17.6. The fraction of sp³-hybridized carbons (Fsp3) is 0.120. The van der Waals surface area contributed by atoms with Gasteiger partial charge in [-0.15, -0.1) is 0 Å². The number of fused-ring (bicyclic) bond motifs is 1. The molecule has 0 bridgehead atoms. The van der Waals surface area contributed by atoms with E-state index in [4.69, 9.17) is 27.9 Å². The van der Waals surface area contributed by atoms with Gasteiger partial charge in [0.1, 0.15) is 12.4 Å². The molecule has 1 N–H and O–H groups in total. The highest BCUT2D eigenvalue weighted by Gasteiger charge is 2.10. The molecule has 0 spiro atoms. The Balaban J connectivity index is 1.64. The molecular weight excluding hydrogens is 401 g/mol. The van der Waals surface area contributed by atoms with Crippen LogP contribution in [0.5, 0.6) is 5.75 Å². The van der Waals surface area contributed by atoms with Crippen molar-refractivity contribution in [3.63, 3.8) is 0 Å². The van der Waals surface area contributed by atoms with Crippen molar-refractivity contribution in [2.75, 3.05) is 5.32 Å². The molecule has 29 heavy (non-hydrogen) atoms. The van der Waals surface area contributed by atoms with Crippen molar-refractivity contribution in [2.24, 2.45) is 0 Å². The van der Waals surface area contributed by atoms with Crippen LogP contribution in [0.2, 0.25) is 10.0 Å². The number of hydrogen-bond acceptors (Lipinski definition) is 2. The molecule has 0 aromatic heterocycles. The second-order valence-corrected chi connectivity index (χ2v) is 7.86. The second-order valence-electron chi connectivity index (χ2n) is 6.99. The van der Waals surface area contributed by atoms with E-state index in [9.17, 15) is 0 Å². The Morgan fingerprint density at radius 1 is 0.828 bits per heavy atom. The Labute approximate surface area is 181 Å². The molecule has 146 valence electrons. The van der Waals surface area contributed by atoms with Gasteiger partial charge in [0.15, 0.2) is 0 Å². The predicted octanol–water partition coefficient (Wildman–Crippen LogP) is 7.65. The van der Waals surface area contributed by atoms with Gasteiger partial charge in [0.2, 0.25) is 0 Å². The number of halogens is 2. The van der Waals surface area contributed by atoms with E-state index >= 15 is 0 Å². The average Bonchev–Trinajstić information content (AvgIpc) is 2.71. The summed E-state index contributed by atoms with van der Waals surface area (Å²) < 4.78 is 6.26. The first kappa shape index (κ1) is 19.6. The third-order valence-electron chi connectivity index (χ3n) is 4.97. The van der Waals surface area contributed by atoms with Crippen molar-refractivity contribution in [3.05, 3.63) is 106 Å². The van der Waals surface area contributed by atoms with Crippen LogP contribution in [0.4, 0.5) is 5.69 Å². The van der Waals surface area contributed by atoms with Crippen LogP contribution in [0.25, 0.3) is 10.8 Å². The van der Waals surface area contributed by atoms with Crippen molar-refractivity contribution < 1.29 is 4.74 Å². The van der Waals surface area contributed by atoms with Gasteiger partial charge >= 0.3 is 0 Å². The molecule has 4 aromatic carbocycles. The van der Waals surface area contributed by atoms with Crippen molar-refractivity contribution in [3.8, 4) is 5.75 Å². The molecule has 0 aliphatic rings. The minimum absolute atomic E-state index is 0.529. The standard InChI is InChI=1S/C25H21Cl2NO/c1-17-6-2-3-8-19(17)16-29-25-11-10-18-7-4-5-9-23(18)24(25)15-28-22-13-20(26)12-21(27)14-22/h2-14,28H,15-16H2,1H3. The van der Waals surface area contributed by atoms with E-state index in [1.54, 1.807) is 6.07 Å². The van der Waals surface area contributed by atoms with Crippen LogP contribution < -0.4 is 10.1 Å². The number of rotatable bonds is 6. The number of nitrogens with one attached hydrogen (secondary N) is 1. The Morgan fingerprint density at radius 2 is 1.55 bits per heavy atom. The van der Waals surface area contributed by atoms with Crippen molar-refractivity contribution >= 4 is 39.7 Å². The summed E-state index contributed by atoms with van der Waals surface area (Å²) in [7, 11) is 0. The highest BCUT2D eigenvalue weighted by Crippen LogP contribution is 2.31. The predicted molar refractivity (Wildman–Crippen MR) is 123 cm³/mol. The first-order valence-corrected chi connectivity index (χ1v) is 10.2. The van der Waals surface area contributed by atoms with Gasteiger partial charge in [-0.1, -0.05) is 77.8 Å². The van der Waals surface area contributed by atoms with E-state index in [0.717, 1.165) is 22.4 Å². The molecule has 0 aliphatic heterocycles. The van der Waals surface area contributed by atoms with E-state index in [1.807, 2.05) is 42.5 Å². The SMILES string of the molecule is Cc1ccccc1COc1ccc2ccccc2c1CNc1cc(Cl)cc(Cl)c1. The summed E-state index contributed by atoms with van der Waals surface area (Å²) in [5.41, 5.74) is 4.38. The maximum absolute atomic E-state index is 6.26. The number of benzene rings is 4. The maximum atomic E-state index is 6.26. The Kier molecular flexibility index (Phi) is 5.94. The van der Waals surface area contributed by atoms with Crippen LogP contribution in [0.1, 0.15) is 16.7 Å². The van der Waals surface area contributed by atoms with Gasteiger partial charge < -0.3 is 10.1 Å². The van der Waals surface area contributed by atoms with Gasteiger partial charge in [0, 0.05) is 27.8 Å². The lowest BCUT2D eigenvalue weighted by atomic mass is 10.0. The van der Waals surface area contributed by atoms with Gasteiger partial charge in [0.25, 0.3) is 0 Å². The first-order valence-electron chi connectivity index (χ1n) is 9.48. The summed E-state index contributed by atoms with van der Waals surface area (Å²) in [4.78, 5) is 0. The summed E-state index contributed by atoms with van der Waals surface area (Å²) in [5.74, 6) is 0.868. The molecular formula is C25H21Cl2NO. The van der Waals surface area contributed by atoms with Crippen LogP contribution in [0.3, 0.4) is 0 Å². The minimum atomic E-state index is 0.529. The number of ether oxygens (including phenoxy) is 1. The second kappa shape index (κ2) is 8.77. The molecule has 2 nitrogen and oxygen atoms in total. The van der Waals surface area contributed by atoms with E-state index in [1.165, 1.54) is 16.5 Å². The van der Waals surface area contributed by atoms with Crippen molar-refractivity contribution in [1.29, 1.82) is 0 Å². The molecule has 4 aromatic rings. The molecule has 0 radical (unpaired) electrons. The Morgan fingerprint density at radius 3 is 2.34 bits per heavy atom. The largest absolute Gasteiger partial charge is 0.489 e. The highest BCUT2D eigenvalue weighted by molar-refractivity contribution is 6.35. The zero-order chi connectivity index (χ0) is 20.2. The smallest absolute Gasteiger partial charge is 0.125 e. The third-order valence-corrected chi connectivity index (χ3v) is 5.41. The maximum Gasteiger partial charge on any atom is 0.125 e. The Hall–Kier alpha value is -2.68. The van der Waals surface area contributed by atoms with Crippen molar-refractivity contribution in [2.45, 2.75) is 20.1 Å². The molecule has 0 fully saturated rings. The van der Waals surface area contributed by atoms with Gasteiger partial charge in [-0.25, -0.2) is 0 Å². The molecule has 0 heterocycles. The lowest BCUT2D eigenvalue weighted by Gasteiger charge is -2.16. The summed E-state index contributed by atoms with van der Waals surface area (Å²) in [6.45, 7) is 3.23. The lowest BCUT2D eigenvalue weighted by Crippen LogP contribution is -2.05. The lowest BCUT2D eigenvalue weighted by molar-refractivity contribution is 0.303. The van der Waals surface area contributed by atoms with Crippen LogP contribution in [0, 0.1) is 6.92 Å². The Bertz CT molecular complexity index is 1140. The molecule has 0 saturated carbocycles. The van der Waals surface area contributed by atoms with E-state index < -0.39 is 0 Å². The first-order chi connectivity index (χ1) is 14.1. The topological polar surface area (TPSA) is 21.3 Å². The summed E-state index contributed by atoms with van der Waals surface area (Å²) in [6.07, 6.45) is 0. The van der Waals surface area contributed by atoms with Gasteiger partial charge in [-0.3, -0.25) is 0 Å². The third kappa shape index (κ3) is 4.67. The molecule has 0 saturated heterocycles. The molecule has 4 rings (SSSR count). The quantitative estimate of drug-likeness (QED) is 0.345. The molecule has 4 heteroatoms. The average molecular weight is 422 g/mol. The number of hydrogen-bond donors (Lipinski definition) is 1. The van der Waals surface area contributed by atoms with Crippen LogP contribution >= 0.6 is 23.2 Å². The van der Waals surface area contributed by atoms with Gasteiger partial charge in [0.05, 0.1) is 0 Å². The fourth-order valence-electron chi connectivity index (χ4n) is 3.41. The van der Waals surface area contributed by atoms with Crippen LogP contribution in [0.15, 0.2) is 78.9 Å². The van der Waals surface area contributed by atoms with Crippen LogP contribution in [-0.4, -0.2) is 0 Å². The molecule has 0 atom stereocenters.